The normalized spacial score (nSPS) is 19.4. The quantitative estimate of drug-likeness (QED) is 0.0195. The highest BCUT2D eigenvalue weighted by molar-refractivity contribution is 5.76. The second-order valence-corrected chi connectivity index (χ2v) is 20.7. The average Bonchev–Trinajstić information content (AvgIpc) is 3.41. The van der Waals surface area contributed by atoms with Crippen molar-refractivity contribution in [3.8, 4) is 0 Å². The Balaban J connectivity index is 2.10. The number of esters is 1. The zero-order chi connectivity index (χ0) is 54.5. The van der Waals surface area contributed by atoms with Gasteiger partial charge in [0.05, 0.1) is 32.0 Å². The van der Waals surface area contributed by atoms with E-state index >= 15 is 0 Å². The number of unbranched alkanes of at least 4 members (excludes halogenated alkanes) is 25. The first-order chi connectivity index (χ1) is 36.7. The highest BCUT2D eigenvalue weighted by atomic mass is 16.7. The van der Waals surface area contributed by atoms with Crippen LogP contribution in [0.5, 0.6) is 0 Å². The molecule has 75 heavy (non-hydrogen) atoms. The molecule has 432 valence electrons. The van der Waals surface area contributed by atoms with Gasteiger partial charge in [0, 0.05) is 12.8 Å². The lowest BCUT2D eigenvalue weighted by Crippen LogP contribution is -2.60. The van der Waals surface area contributed by atoms with E-state index in [1.54, 1.807) is 6.08 Å². The van der Waals surface area contributed by atoms with Crippen molar-refractivity contribution >= 4 is 11.9 Å². The Labute approximate surface area is 457 Å². The van der Waals surface area contributed by atoms with Gasteiger partial charge < -0.3 is 45.1 Å². The molecular weight excluding hydrogens is 943 g/mol. The summed E-state index contributed by atoms with van der Waals surface area (Å²) in [7, 11) is 0. The Morgan fingerprint density at radius 2 is 0.933 bits per heavy atom. The molecule has 1 aliphatic heterocycles. The van der Waals surface area contributed by atoms with Crippen LogP contribution in [0.25, 0.3) is 0 Å². The van der Waals surface area contributed by atoms with Crippen LogP contribution >= 0.6 is 0 Å². The van der Waals surface area contributed by atoms with Gasteiger partial charge in [-0.3, -0.25) is 9.59 Å². The molecule has 1 heterocycles. The second-order valence-electron chi connectivity index (χ2n) is 20.7. The maximum absolute atomic E-state index is 13.0. The molecule has 0 radical (unpaired) electrons. The molecule has 1 fully saturated rings. The van der Waals surface area contributed by atoms with Gasteiger partial charge in [0.2, 0.25) is 5.91 Å². The van der Waals surface area contributed by atoms with Gasteiger partial charge in [-0.15, -0.1) is 0 Å². The molecule has 0 aromatic heterocycles. The number of aliphatic hydroxyl groups is 5. The van der Waals surface area contributed by atoms with Gasteiger partial charge in [-0.05, 0) is 103 Å². The van der Waals surface area contributed by atoms with Gasteiger partial charge in [0.15, 0.2) is 6.29 Å². The maximum atomic E-state index is 13.0. The number of aliphatic hydroxyl groups excluding tert-OH is 5. The first kappa shape index (κ1) is 69.9. The SMILES string of the molecule is CCC/C=C\C/C=C\CCCCCCCC(=O)OCC/C=C\C/C=C\CCCCCCCCCCCCCCCCC(=O)NC(COC1OC(CO)C(O)C(O)C1O)C(O)/C=C/CC/C=C/CC/C=C/CCCCC. The van der Waals surface area contributed by atoms with Crippen molar-refractivity contribution in [3.63, 3.8) is 0 Å². The molecule has 6 N–H and O–H groups in total. The lowest BCUT2D eigenvalue weighted by Gasteiger charge is -2.40. The Kier molecular flexibility index (Phi) is 49.2. The van der Waals surface area contributed by atoms with Crippen LogP contribution in [0.15, 0.2) is 85.1 Å². The predicted octanol–water partition coefficient (Wildman–Crippen LogP) is 14.2. The molecule has 1 rings (SSSR count). The largest absolute Gasteiger partial charge is 0.465 e. The van der Waals surface area contributed by atoms with Crippen LogP contribution in [0, 0.1) is 0 Å². The summed E-state index contributed by atoms with van der Waals surface area (Å²) in [6.45, 7) is 4.09. The number of hydrogen-bond donors (Lipinski definition) is 6. The van der Waals surface area contributed by atoms with E-state index in [0.29, 0.717) is 19.4 Å². The summed E-state index contributed by atoms with van der Waals surface area (Å²) in [6.07, 6.45) is 61.2. The third-order valence-corrected chi connectivity index (χ3v) is 13.7. The minimum Gasteiger partial charge on any atom is -0.465 e. The highest BCUT2D eigenvalue weighted by Crippen LogP contribution is 2.23. The van der Waals surface area contributed by atoms with Crippen molar-refractivity contribution in [2.45, 2.75) is 288 Å². The van der Waals surface area contributed by atoms with Crippen LogP contribution in [0.2, 0.25) is 0 Å². The Bertz CT molecular complexity index is 1520. The topological polar surface area (TPSA) is 175 Å². The molecule has 11 nitrogen and oxygen atoms in total. The van der Waals surface area contributed by atoms with Crippen LogP contribution in [0.4, 0.5) is 0 Å². The first-order valence-electron chi connectivity index (χ1n) is 30.4. The van der Waals surface area contributed by atoms with E-state index in [4.69, 9.17) is 14.2 Å². The summed E-state index contributed by atoms with van der Waals surface area (Å²) in [6, 6.07) is -0.841. The van der Waals surface area contributed by atoms with Crippen molar-refractivity contribution in [1.82, 2.24) is 5.32 Å². The summed E-state index contributed by atoms with van der Waals surface area (Å²) in [5.74, 6) is -0.270. The molecule has 1 amide bonds. The maximum Gasteiger partial charge on any atom is 0.305 e. The number of ether oxygens (including phenoxy) is 3. The highest BCUT2D eigenvalue weighted by Gasteiger charge is 2.44. The summed E-state index contributed by atoms with van der Waals surface area (Å²) in [4.78, 5) is 25.0. The Morgan fingerprint density at radius 1 is 0.493 bits per heavy atom. The van der Waals surface area contributed by atoms with E-state index in [1.807, 2.05) is 6.08 Å². The van der Waals surface area contributed by atoms with E-state index < -0.39 is 49.5 Å². The molecule has 0 bridgehead atoms. The van der Waals surface area contributed by atoms with Crippen molar-refractivity contribution in [3.05, 3.63) is 85.1 Å². The number of hydrogen-bond acceptors (Lipinski definition) is 10. The smallest absolute Gasteiger partial charge is 0.305 e. The summed E-state index contributed by atoms with van der Waals surface area (Å²) < 4.78 is 16.6. The monoisotopic (exact) mass is 1050 g/mol. The van der Waals surface area contributed by atoms with Gasteiger partial charge >= 0.3 is 5.97 Å². The van der Waals surface area contributed by atoms with Crippen LogP contribution in [-0.2, 0) is 23.8 Å². The van der Waals surface area contributed by atoms with E-state index in [2.05, 4.69) is 92.1 Å². The molecule has 0 spiro atoms. The fraction of sp³-hybridized carbons (Fsp3) is 0.750. The molecule has 0 aromatic carbocycles. The number of allylic oxidation sites excluding steroid dienone is 12. The third-order valence-electron chi connectivity index (χ3n) is 13.7. The van der Waals surface area contributed by atoms with E-state index in [-0.39, 0.29) is 18.5 Å². The van der Waals surface area contributed by atoms with Crippen LogP contribution < -0.4 is 5.32 Å². The number of carbonyl (C=O) groups is 2. The number of rotatable bonds is 51. The van der Waals surface area contributed by atoms with Crippen molar-refractivity contribution in [2.24, 2.45) is 0 Å². The first-order valence-corrected chi connectivity index (χ1v) is 30.4. The summed E-state index contributed by atoms with van der Waals surface area (Å²) >= 11 is 0. The van der Waals surface area contributed by atoms with Crippen LogP contribution in [0.3, 0.4) is 0 Å². The Hall–Kier alpha value is -3.16. The summed E-state index contributed by atoms with van der Waals surface area (Å²) in [5, 5.41) is 54.3. The molecule has 0 aliphatic carbocycles. The number of nitrogens with one attached hydrogen (secondary N) is 1. The molecule has 7 unspecified atom stereocenters. The van der Waals surface area contributed by atoms with Crippen molar-refractivity contribution in [2.75, 3.05) is 19.8 Å². The Morgan fingerprint density at radius 3 is 1.45 bits per heavy atom. The molecule has 0 saturated carbocycles. The van der Waals surface area contributed by atoms with E-state index in [9.17, 15) is 35.1 Å². The van der Waals surface area contributed by atoms with Crippen LogP contribution in [0.1, 0.15) is 245 Å². The van der Waals surface area contributed by atoms with Gasteiger partial charge in [0.25, 0.3) is 0 Å². The molecule has 0 aromatic rings. The molecular formula is C64H111NO10. The average molecular weight is 1050 g/mol. The number of amides is 1. The second kappa shape index (κ2) is 52.9. The minimum atomic E-state index is -1.58. The minimum absolute atomic E-state index is 0.0659. The summed E-state index contributed by atoms with van der Waals surface area (Å²) in [5.41, 5.74) is 0. The molecule has 7 atom stereocenters. The lowest BCUT2D eigenvalue weighted by molar-refractivity contribution is -0.302. The fourth-order valence-corrected chi connectivity index (χ4v) is 8.87. The zero-order valence-corrected chi connectivity index (χ0v) is 47.5. The van der Waals surface area contributed by atoms with E-state index in [1.165, 1.54) is 116 Å². The van der Waals surface area contributed by atoms with Crippen LogP contribution in [-0.4, -0.2) is 100 Å². The predicted molar refractivity (Wildman–Crippen MR) is 310 cm³/mol. The standard InChI is InChI=1S/C64H111NO10/c1-3-5-7-9-11-13-15-26-30-34-38-42-46-50-57(67)56(55-74-64-63(72)62(71)61(70)58(54-66)75-64)65-59(68)51-47-43-39-35-31-28-24-22-20-18-17-19-21-23-25-29-33-37-41-45-49-53-73-60(69)52-48-44-40-36-32-27-16-14-12-10-8-6-4-2/h8,10-11,13-14,16,29-30,33-34,41,45-46,50,56-58,61-64,66-67,70-72H,3-7,9,12,15,17-28,31-32,35-40,42-44,47-49,51-55H2,1-2H3,(H,65,68)/b10-8-,13-11+,16-14-,33-29-,34-30+,45-41-,50-46+. The lowest BCUT2D eigenvalue weighted by atomic mass is 9.99. The van der Waals surface area contributed by atoms with Crippen molar-refractivity contribution < 1.29 is 49.3 Å². The molecule has 1 aliphatic rings. The number of carbonyl (C=O) groups excluding carboxylic acids is 2. The van der Waals surface area contributed by atoms with Gasteiger partial charge in [-0.1, -0.05) is 214 Å². The zero-order valence-electron chi connectivity index (χ0n) is 47.5. The van der Waals surface area contributed by atoms with E-state index in [0.717, 1.165) is 103 Å². The third kappa shape index (κ3) is 42.5. The molecule has 11 heteroatoms. The van der Waals surface area contributed by atoms with Gasteiger partial charge in [-0.25, -0.2) is 0 Å². The van der Waals surface area contributed by atoms with Gasteiger partial charge in [-0.2, -0.15) is 0 Å². The fourth-order valence-electron chi connectivity index (χ4n) is 8.87. The van der Waals surface area contributed by atoms with Crippen molar-refractivity contribution in [1.29, 1.82) is 0 Å². The molecule has 1 saturated heterocycles. The van der Waals surface area contributed by atoms with Gasteiger partial charge in [0.1, 0.15) is 24.4 Å².